The molecular formula is C25H32NO2P. The molecule has 0 aliphatic heterocycles. The number of methoxy groups -OCH3 is 2. The summed E-state index contributed by atoms with van der Waals surface area (Å²) in [6.07, 6.45) is 7.76. The largest absolute Gasteiger partial charge is 0.496 e. The number of hydrogen-bond acceptors (Lipinski definition) is 3. The molecule has 2 aromatic rings. The van der Waals surface area contributed by atoms with E-state index < -0.39 is 7.92 Å². The predicted octanol–water partition coefficient (Wildman–Crippen LogP) is 4.79. The molecule has 0 amide bonds. The van der Waals surface area contributed by atoms with Crippen molar-refractivity contribution < 1.29 is 9.47 Å². The molecule has 2 aromatic carbocycles. The molecule has 0 aromatic heterocycles. The highest BCUT2D eigenvalue weighted by Gasteiger charge is 2.27. The fourth-order valence-corrected chi connectivity index (χ4v) is 7.35. The van der Waals surface area contributed by atoms with Crippen molar-refractivity contribution in [3.05, 3.63) is 70.1 Å². The van der Waals surface area contributed by atoms with Crippen molar-refractivity contribution in [2.75, 3.05) is 20.8 Å². The Morgan fingerprint density at radius 1 is 0.828 bits per heavy atom. The Hall–Kier alpha value is -2.09. The molecule has 3 rings (SSSR count). The first-order valence-electron chi connectivity index (χ1n) is 10.1. The van der Waals surface area contributed by atoms with Gasteiger partial charge < -0.3 is 15.2 Å². The van der Waals surface area contributed by atoms with E-state index in [1.807, 2.05) is 0 Å². The SMILES string of the molecule is COc1c(C)cc(P(C2=CC=CC2CCN)c2cc(C)c(OC)c(C)c2)cc1C. The number of hydrogen-bond donors (Lipinski definition) is 1. The third-order valence-electron chi connectivity index (χ3n) is 5.54. The van der Waals surface area contributed by atoms with Gasteiger partial charge in [-0.3, -0.25) is 0 Å². The van der Waals surface area contributed by atoms with Gasteiger partial charge in [-0.25, -0.2) is 0 Å². The monoisotopic (exact) mass is 409 g/mol. The van der Waals surface area contributed by atoms with Crippen molar-refractivity contribution in [3.63, 3.8) is 0 Å². The number of rotatable bonds is 7. The van der Waals surface area contributed by atoms with Crippen molar-refractivity contribution in [1.82, 2.24) is 0 Å². The van der Waals surface area contributed by atoms with E-state index in [9.17, 15) is 0 Å². The molecule has 0 fully saturated rings. The highest BCUT2D eigenvalue weighted by Crippen LogP contribution is 2.51. The van der Waals surface area contributed by atoms with E-state index in [0.717, 1.165) is 17.9 Å². The lowest BCUT2D eigenvalue weighted by atomic mass is 10.1. The van der Waals surface area contributed by atoms with Crippen LogP contribution in [0.3, 0.4) is 0 Å². The Balaban J connectivity index is 2.19. The van der Waals surface area contributed by atoms with E-state index in [1.165, 1.54) is 38.2 Å². The molecule has 3 nitrogen and oxygen atoms in total. The molecule has 4 heteroatoms. The minimum atomic E-state index is -0.671. The van der Waals surface area contributed by atoms with E-state index in [2.05, 4.69) is 70.2 Å². The van der Waals surface area contributed by atoms with Crippen LogP contribution in [0, 0.1) is 33.6 Å². The second kappa shape index (κ2) is 9.15. The molecule has 0 bridgehead atoms. The van der Waals surface area contributed by atoms with E-state index in [-0.39, 0.29) is 0 Å². The molecule has 2 N–H and O–H groups in total. The minimum Gasteiger partial charge on any atom is -0.496 e. The second-order valence-electron chi connectivity index (χ2n) is 7.72. The van der Waals surface area contributed by atoms with E-state index in [1.54, 1.807) is 14.2 Å². The molecule has 1 aliphatic carbocycles. The van der Waals surface area contributed by atoms with Gasteiger partial charge in [0.1, 0.15) is 11.5 Å². The summed E-state index contributed by atoms with van der Waals surface area (Å²) in [6.45, 7) is 9.22. The van der Waals surface area contributed by atoms with Gasteiger partial charge >= 0.3 is 0 Å². The molecule has 0 radical (unpaired) electrons. The van der Waals surface area contributed by atoms with Crippen molar-refractivity contribution in [3.8, 4) is 11.5 Å². The Morgan fingerprint density at radius 3 is 1.66 bits per heavy atom. The Bertz CT molecular complexity index is 856. The van der Waals surface area contributed by atoms with Crippen molar-refractivity contribution in [1.29, 1.82) is 0 Å². The first-order chi connectivity index (χ1) is 13.9. The molecule has 1 aliphatic rings. The number of allylic oxidation sites excluding steroid dienone is 4. The second-order valence-corrected chi connectivity index (χ2v) is 9.94. The molecule has 0 heterocycles. The third kappa shape index (κ3) is 4.27. The highest BCUT2D eigenvalue weighted by atomic mass is 31.1. The van der Waals surface area contributed by atoms with Crippen LogP contribution in [0.15, 0.2) is 47.8 Å². The van der Waals surface area contributed by atoms with Gasteiger partial charge in [-0.1, -0.05) is 18.2 Å². The molecule has 0 saturated heterocycles. The number of ether oxygens (including phenoxy) is 2. The minimum absolute atomic E-state index is 0.400. The molecule has 154 valence electrons. The zero-order chi connectivity index (χ0) is 21.1. The summed E-state index contributed by atoms with van der Waals surface area (Å²) in [5.74, 6) is 2.35. The van der Waals surface area contributed by atoms with Crippen LogP contribution >= 0.6 is 7.92 Å². The first-order valence-corrected chi connectivity index (χ1v) is 11.4. The summed E-state index contributed by atoms with van der Waals surface area (Å²) in [6, 6.07) is 9.19. The van der Waals surface area contributed by atoms with Crippen LogP contribution in [0.4, 0.5) is 0 Å². The zero-order valence-corrected chi connectivity index (χ0v) is 19.3. The maximum atomic E-state index is 5.93. The van der Waals surface area contributed by atoms with Crippen LogP contribution in [0.2, 0.25) is 0 Å². The van der Waals surface area contributed by atoms with Crippen LogP contribution in [-0.2, 0) is 0 Å². The van der Waals surface area contributed by atoms with Crippen molar-refractivity contribution in [2.45, 2.75) is 34.1 Å². The Labute approximate surface area is 176 Å². The average molecular weight is 410 g/mol. The Kier molecular flexibility index (Phi) is 6.82. The van der Waals surface area contributed by atoms with E-state index in [0.29, 0.717) is 12.5 Å². The van der Waals surface area contributed by atoms with Crippen LogP contribution in [0.1, 0.15) is 28.7 Å². The maximum absolute atomic E-state index is 5.93. The normalized spacial score (nSPS) is 15.7. The van der Waals surface area contributed by atoms with E-state index >= 15 is 0 Å². The van der Waals surface area contributed by atoms with Gasteiger partial charge in [0.15, 0.2) is 0 Å². The van der Waals surface area contributed by atoms with Crippen LogP contribution in [0.5, 0.6) is 11.5 Å². The topological polar surface area (TPSA) is 44.5 Å². The number of aryl methyl sites for hydroxylation is 4. The predicted molar refractivity (Wildman–Crippen MR) is 126 cm³/mol. The van der Waals surface area contributed by atoms with Gasteiger partial charge in [-0.05, 0) is 111 Å². The Morgan fingerprint density at radius 2 is 1.28 bits per heavy atom. The lowest BCUT2D eigenvalue weighted by Crippen LogP contribution is -2.19. The highest BCUT2D eigenvalue weighted by molar-refractivity contribution is 7.76. The molecule has 0 saturated carbocycles. The van der Waals surface area contributed by atoms with Gasteiger partial charge in [0.05, 0.1) is 14.2 Å². The van der Waals surface area contributed by atoms with Crippen molar-refractivity contribution >= 4 is 18.5 Å². The quantitative estimate of drug-likeness (QED) is 0.669. The summed E-state index contributed by atoms with van der Waals surface area (Å²) >= 11 is 0. The fourth-order valence-electron chi connectivity index (χ4n) is 4.38. The first kappa shape index (κ1) is 21.6. The molecule has 0 spiro atoms. The third-order valence-corrected chi connectivity index (χ3v) is 8.09. The van der Waals surface area contributed by atoms with Crippen LogP contribution in [-0.4, -0.2) is 20.8 Å². The molecule has 29 heavy (non-hydrogen) atoms. The molecular weight excluding hydrogens is 377 g/mol. The van der Waals surface area contributed by atoms with Gasteiger partial charge in [0.25, 0.3) is 0 Å². The van der Waals surface area contributed by atoms with Crippen LogP contribution in [0.25, 0.3) is 0 Å². The molecule has 1 atom stereocenters. The van der Waals surface area contributed by atoms with Crippen molar-refractivity contribution in [2.24, 2.45) is 11.7 Å². The molecule has 1 unspecified atom stereocenters. The van der Waals surface area contributed by atoms with Gasteiger partial charge in [0.2, 0.25) is 0 Å². The smallest absolute Gasteiger partial charge is 0.124 e. The average Bonchev–Trinajstić information content (AvgIpc) is 3.10. The zero-order valence-electron chi connectivity index (χ0n) is 18.4. The number of benzene rings is 2. The standard InChI is InChI=1S/C25H32NO2P/c1-16-12-21(13-17(2)24(16)27-5)29(23-9-7-8-20(23)10-11-26)22-14-18(3)25(28-6)19(4)15-22/h7-9,12-15,20H,10-11,26H2,1-6H3. The van der Waals surface area contributed by atoms with Gasteiger partial charge in [0, 0.05) is 5.92 Å². The summed E-state index contributed by atoms with van der Waals surface area (Å²) in [4.78, 5) is 0. The summed E-state index contributed by atoms with van der Waals surface area (Å²) in [5, 5.41) is 4.19. The summed E-state index contributed by atoms with van der Waals surface area (Å²) in [7, 11) is 2.82. The fraction of sp³-hybridized carbons (Fsp3) is 0.360. The number of nitrogens with two attached hydrogens (primary N) is 1. The lowest BCUT2D eigenvalue weighted by molar-refractivity contribution is 0.408. The van der Waals surface area contributed by atoms with Gasteiger partial charge in [-0.2, -0.15) is 0 Å². The van der Waals surface area contributed by atoms with E-state index in [4.69, 9.17) is 15.2 Å². The lowest BCUT2D eigenvalue weighted by Gasteiger charge is -2.27. The van der Waals surface area contributed by atoms with Crippen LogP contribution < -0.4 is 25.8 Å². The maximum Gasteiger partial charge on any atom is 0.124 e. The summed E-state index contributed by atoms with van der Waals surface area (Å²) in [5.41, 5.74) is 10.7. The summed E-state index contributed by atoms with van der Waals surface area (Å²) < 4.78 is 11.2. The van der Waals surface area contributed by atoms with Gasteiger partial charge in [-0.15, -0.1) is 0 Å².